The molecule has 0 radical (unpaired) electrons. The first kappa shape index (κ1) is 18.4. The lowest BCUT2D eigenvalue weighted by Gasteiger charge is -2.32. The molecular weight excluding hydrogens is 356 g/mol. The van der Waals surface area contributed by atoms with Crippen LogP contribution in [-0.4, -0.2) is 36.8 Å². The van der Waals surface area contributed by atoms with E-state index >= 15 is 0 Å². The zero-order valence-electron chi connectivity index (χ0n) is 16.0. The Kier molecular flexibility index (Phi) is 4.31. The number of methoxy groups -OCH3 is 1. The highest BCUT2D eigenvalue weighted by Gasteiger charge is 2.68. The lowest BCUT2D eigenvalue weighted by molar-refractivity contribution is -0.154. The minimum Gasteiger partial charge on any atom is -0.467 e. The van der Waals surface area contributed by atoms with Gasteiger partial charge in [-0.2, -0.15) is 0 Å². The predicted octanol–water partition coefficient (Wildman–Crippen LogP) is 1.94. The fourth-order valence-electron chi connectivity index (χ4n) is 4.54. The van der Waals surface area contributed by atoms with Crippen molar-refractivity contribution in [1.29, 1.82) is 0 Å². The maximum Gasteiger partial charge on any atom is 0.331 e. The van der Waals surface area contributed by atoms with Crippen LogP contribution in [-0.2, 0) is 24.7 Å². The lowest BCUT2D eigenvalue weighted by atomic mass is 9.75. The standard InChI is InChI=1S/C22H22N2O4/c1-13-9-11-14(12-10-13)18-16-17(20(26)24(2)19(16)25)22(23-18,21(27)28-3)15-7-5-4-6-8-15/h4-12,16-18,23H,1-3H3/t16-,17-,18-,22-/m0/s1. The van der Waals surface area contributed by atoms with E-state index in [2.05, 4.69) is 5.32 Å². The molecule has 0 bridgehead atoms. The second-order valence-corrected chi connectivity index (χ2v) is 7.44. The van der Waals surface area contributed by atoms with Gasteiger partial charge in [0, 0.05) is 13.1 Å². The second-order valence-electron chi connectivity index (χ2n) is 7.44. The maximum atomic E-state index is 13.1. The first-order valence-corrected chi connectivity index (χ1v) is 9.21. The molecule has 2 heterocycles. The highest BCUT2D eigenvalue weighted by atomic mass is 16.5. The average Bonchev–Trinajstić information content (AvgIpc) is 3.19. The van der Waals surface area contributed by atoms with Crippen LogP contribution in [0.4, 0.5) is 0 Å². The molecule has 144 valence electrons. The molecule has 0 spiro atoms. The van der Waals surface area contributed by atoms with E-state index < -0.39 is 29.4 Å². The Balaban J connectivity index is 1.94. The predicted molar refractivity (Wildman–Crippen MR) is 102 cm³/mol. The number of rotatable bonds is 3. The van der Waals surface area contributed by atoms with Gasteiger partial charge in [-0.05, 0) is 18.1 Å². The number of imide groups is 1. The van der Waals surface area contributed by atoms with E-state index in [1.54, 1.807) is 24.3 Å². The van der Waals surface area contributed by atoms with Gasteiger partial charge in [-0.3, -0.25) is 19.8 Å². The van der Waals surface area contributed by atoms with Gasteiger partial charge in [0.2, 0.25) is 11.8 Å². The number of benzene rings is 2. The summed E-state index contributed by atoms with van der Waals surface area (Å²) in [5, 5.41) is 3.35. The average molecular weight is 378 g/mol. The van der Waals surface area contributed by atoms with Crippen LogP contribution < -0.4 is 5.32 Å². The van der Waals surface area contributed by atoms with E-state index in [9.17, 15) is 14.4 Å². The molecule has 2 aromatic carbocycles. The molecule has 2 aliphatic heterocycles. The van der Waals surface area contributed by atoms with E-state index in [0.717, 1.165) is 16.0 Å². The highest BCUT2D eigenvalue weighted by molar-refractivity contribution is 6.09. The van der Waals surface area contributed by atoms with Crippen LogP contribution in [0.2, 0.25) is 0 Å². The van der Waals surface area contributed by atoms with Crippen molar-refractivity contribution >= 4 is 17.8 Å². The Hall–Kier alpha value is -2.99. The Labute approximate surface area is 163 Å². The van der Waals surface area contributed by atoms with Crippen LogP contribution in [0.1, 0.15) is 22.7 Å². The zero-order valence-corrected chi connectivity index (χ0v) is 16.0. The summed E-state index contributed by atoms with van der Waals surface area (Å²) < 4.78 is 5.14. The van der Waals surface area contributed by atoms with Gasteiger partial charge < -0.3 is 4.74 Å². The Morgan fingerprint density at radius 2 is 1.68 bits per heavy atom. The molecule has 1 N–H and O–H groups in total. The van der Waals surface area contributed by atoms with E-state index in [0.29, 0.717) is 5.56 Å². The minimum atomic E-state index is -1.42. The molecule has 2 saturated heterocycles. The third kappa shape index (κ3) is 2.41. The van der Waals surface area contributed by atoms with Gasteiger partial charge in [0.25, 0.3) is 0 Å². The van der Waals surface area contributed by atoms with Gasteiger partial charge in [-0.25, -0.2) is 4.79 Å². The van der Waals surface area contributed by atoms with Crippen molar-refractivity contribution < 1.29 is 19.1 Å². The number of aryl methyl sites for hydroxylation is 1. The molecule has 4 rings (SSSR count). The first-order valence-electron chi connectivity index (χ1n) is 9.21. The molecule has 2 aliphatic rings. The van der Waals surface area contributed by atoms with E-state index in [1.807, 2.05) is 37.3 Å². The number of nitrogens with one attached hydrogen (secondary N) is 1. The summed E-state index contributed by atoms with van der Waals surface area (Å²) in [5.41, 5.74) is 1.14. The topological polar surface area (TPSA) is 75.7 Å². The van der Waals surface area contributed by atoms with Crippen molar-refractivity contribution in [2.24, 2.45) is 11.8 Å². The largest absolute Gasteiger partial charge is 0.467 e. The first-order chi connectivity index (χ1) is 13.4. The Bertz CT molecular complexity index is 941. The monoisotopic (exact) mass is 378 g/mol. The van der Waals surface area contributed by atoms with Crippen LogP contribution in [0.25, 0.3) is 0 Å². The third-order valence-electron chi connectivity index (χ3n) is 5.95. The number of esters is 1. The minimum absolute atomic E-state index is 0.283. The zero-order chi connectivity index (χ0) is 20.1. The third-order valence-corrected chi connectivity index (χ3v) is 5.95. The highest BCUT2D eigenvalue weighted by Crippen LogP contribution is 2.53. The molecule has 6 heteroatoms. The van der Waals surface area contributed by atoms with Crippen molar-refractivity contribution in [1.82, 2.24) is 10.2 Å². The normalized spacial score (nSPS) is 29.1. The van der Waals surface area contributed by atoms with E-state index in [4.69, 9.17) is 4.74 Å². The molecule has 6 nitrogen and oxygen atoms in total. The van der Waals surface area contributed by atoms with Gasteiger partial charge in [-0.15, -0.1) is 0 Å². The maximum absolute atomic E-state index is 13.1. The van der Waals surface area contributed by atoms with Gasteiger partial charge in [0.1, 0.15) is 0 Å². The van der Waals surface area contributed by atoms with Crippen LogP contribution in [0.5, 0.6) is 0 Å². The fraction of sp³-hybridized carbons (Fsp3) is 0.318. The summed E-state index contributed by atoms with van der Waals surface area (Å²) in [6.45, 7) is 1.98. The number of likely N-dealkylation sites (tertiary alicyclic amines) is 1. The quantitative estimate of drug-likeness (QED) is 0.653. The van der Waals surface area contributed by atoms with Crippen molar-refractivity contribution in [3.8, 4) is 0 Å². The van der Waals surface area contributed by atoms with Gasteiger partial charge in [0.05, 0.1) is 18.9 Å². The van der Waals surface area contributed by atoms with Gasteiger partial charge >= 0.3 is 5.97 Å². The molecule has 4 atom stereocenters. The van der Waals surface area contributed by atoms with E-state index in [1.165, 1.54) is 14.2 Å². The summed E-state index contributed by atoms with van der Waals surface area (Å²) >= 11 is 0. The smallest absolute Gasteiger partial charge is 0.331 e. The molecule has 0 aliphatic carbocycles. The van der Waals surface area contributed by atoms with E-state index in [-0.39, 0.29) is 11.8 Å². The molecule has 0 saturated carbocycles. The number of carbonyl (C=O) groups excluding carboxylic acids is 3. The Morgan fingerprint density at radius 1 is 1.04 bits per heavy atom. The van der Waals surface area contributed by atoms with Crippen LogP contribution in [0, 0.1) is 18.8 Å². The number of carbonyl (C=O) groups is 3. The molecule has 2 fully saturated rings. The number of hydrogen-bond acceptors (Lipinski definition) is 5. The second kappa shape index (κ2) is 6.56. The molecule has 0 unspecified atom stereocenters. The number of nitrogens with zero attached hydrogens (tertiary/aromatic N) is 1. The summed E-state index contributed by atoms with van der Waals surface area (Å²) in [6.07, 6.45) is 0. The van der Waals surface area contributed by atoms with Gasteiger partial charge in [-0.1, -0.05) is 60.2 Å². The molecule has 2 amide bonds. The SMILES string of the molecule is COC(=O)[C@@]1(c2ccccc2)N[C@@H](c2ccc(C)cc2)[C@H]2C(=O)N(C)C(=O)[C@H]21. The summed E-state index contributed by atoms with van der Waals surface area (Å²) in [7, 11) is 2.77. The fourth-order valence-corrected chi connectivity index (χ4v) is 4.54. The van der Waals surface area contributed by atoms with Crippen LogP contribution >= 0.6 is 0 Å². The summed E-state index contributed by atoms with van der Waals surface area (Å²) in [5.74, 6) is -2.77. The van der Waals surface area contributed by atoms with Crippen LogP contribution in [0.3, 0.4) is 0 Å². The molecule has 0 aromatic heterocycles. The molecule has 2 aromatic rings. The summed E-state index contributed by atoms with van der Waals surface area (Å²) in [4.78, 5) is 40.3. The van der Waals surface area contributed by atoms with Crippen molar-refractivity contribution in [3.63, 3.8) is 0 Å². The van der Waals surface area contributed by atoms with Crippen molar-refractivity contribution in [2.75, 3.05) is 14.2 Å². The molecular formula is C22H22N2O4. The number of hydrogen-bond donors (Lipinski definition) is 1. The van der Waals surface area contributed by atoms with Crippen molar-refractivity contribution in [2.45, 2.75) is 18.5 Å². The lowest BCUT2D eigenvalue weighted by Crippen LogP contribution is -2.53. The molecule has 28 heavy (non-hydrogen) atoms. The number of ether oxygens (including phenoxy) is 1. The number of fused-ring (bicyclic) bond motifs is 1. The number of amides is 2. The Morgan fingerprint density at radius 3 is 2.29 bits per heavy atom. The van der Waals surface area contributed by atoms with Gasteiger partial charge in [0.15, 0.2) is 5.54 Å². The van der Waals surface area contributed by atoms with Crippen molar-refractivity contribution in [3.05, 3.63) is 71.3 Å². The van der Waals surface area contributed by atoms with Crippen LogP contribution in [0.15, 0.2) is 54.6 Å². The summed E-state index contributed by atoms with van der Waals surface area (Å²) in [6, 6.07) is 16.3.